The number of aromatic amines is 1. The second kappa shape index (κ2) is 6.68. The predicted octanol–water partition coefficient (Wildman–Crippen LogP) is 2.91. The van der Waals surface area contributed by atoms with E-state index in [1.807, 2.05) is 0 Å². The number of nitrogens with one attached hydrogen (secondary N) is 1. The number of hydrogen-bond acceptors (Lipinski definition) is 5. The van der Waals surface area contributed by atoms with Crippen molar-refractivity contribution in [1.82, 2.24) is 9.97 Å². The predicted molar refractivity (Wildman–Crippen MR) is 82.6 cm³/mol. The molecule has 0 bridgehead atoms. The Balaban J connectivity index is 1.95. The molecular weight excluding hydrogens is 334 g/mol. The number of ether oxygens (including phenoxy) is 2. The molecule has 0 aliphatic carbocycles. The first kappa shape index (κ1) is 16.6. The monoisotopic (exact) mass is 346 g/mol. The zero-order valence-corrected chi connectivity index (χ0v) is 13.0. The van der Waals surface area contributed by atoms with Crippen LogP contribution >= 0.6 is 0 Å². The summed E-state index contributed by atoms with van der Waals surface area (Å²) in [5.41, 5.74) is 0.595. The Morgan fingerprint density at radius 3 is 2.68 bits per heavy atom. The molecule has 128 valence electrons. The number of rotatable bonds is 4. The van der Waals surface area contributed by atoms with Crippen LogP contribution in [0.3, 0.4) is 0 Å². The number of aromatic nitrogens is 2. The Labute approximate surface area is 140 Å². The van der Waals surface area contributed by atoms with Crippen molar-refractivity contribution in [1.29, 1.82) is 0 Å². The van der Waals surface area contributed by atoms with Crippen molar-refractivity contribution in [2.45, 2.75) is 6.10 Å². The van der Waals surface area contributed by atoms with Crippen molar-refractivity contribution in [3.8, 4) is 0 Å². The number of benzene rings is 1. The van der Waals surface area contributed by atoms with Crippen LogP contribution in [0.2, 0.25) is 0 Å². The molecule has 2 heterocycles. The summed E-state index contributed by atoms with van der Waals surface area (Å²) in [6.45, 7) is 0. The highest BCUT2D eigenvalue weighted by Gasteiger charge is 2.28. The summed E-state index contributed by atoms with van der Waals surface area (Å²) in [6, 6.07) is 5.82. The van der Waals surface area contributed by atoms with Gasteiger partial charge in [-0.2, -0.15) is 0 Å². The molecule has 0 aliphatic rings. The van der Waals surface area contributed by atoms with E-state index in [0.29, 0.717) is 11.0 Å². The maximum absolute atomic E-state index is 13.5. The highest BCUT2D eigenvalue weighted by atomic mass is 19.2. The van der Waals surface area contributed by atoms with Crippen molar-refractivity contribution in [2.75, 3.05) is 7.11 Å². The largest absolute Gasteiger partial charge is 0.466 e. The summed E-state index contributed by atoms with van der Waals surface area (Å²) in [6.07, 6.45) is 1.47. The van der Waals surface area contributed by atoms with Gasteiger partial charge in [0, 0.05) is 23.3 Å². The molecule has 6 nitrogen and oxygen atoms in total. The molecular formula is C17H12F2N2O4. The van der Waals surface area contributed by atoms with Crippen LogP contribution in [0.1, 0.15) is 22.0 Å². The van der Waals surface area contributed by atoms with Crippen LogP contribution in [0.25, 0.3) is 11.0 Å². The Kier molecular flexibility index (Phi) is 4.42. The number of halogens is 2. The highest BCUT2D eigenvalue weighted by molar-refractivity contribution is 6.03. The van der Waals surface area contributed by atoms with Gasteiger partial charge in [-0.1, -0.05) is 6.07 Å². The number of hydrogen-bond donors (Lipinski definition) is 1. The Hall–Kier alpha value is -3.29. The highest BCUT2D eigenvalue weighted by Crippen LogP contribution is 2.24. The van der Waals surface area contributed by atoms with E-state index >= 15 is 0 Å². The van der Waals surface area contributed by atoms with Crippen LogP contribution in [-0.4, -0.2) is 29.0 Å². The lowest BCUT2D eigenvalue weighted by atomic mass is 10.1. The molecule has 1 unspecified atom stereocenters. The smallest absolute Gasteiger partial charge is 0.351 e. The Bertz CT molecular complexity index is 955. The van der Waals surface area contributed by atoms with Gasteiger partial charge in [0.15, 0.2) is 11.6 Å². The van der Waals surface area contributed by atoms with Crippen molar-refractivity contribution in [3.05, 3.63) is 65.5 Å². The summed E-state index contributed by atoms with van der Waals surface area (Å²) < 4.78 is 36.4. The van der Waals surface area contributed by atoms with E-state index < -0.39 is 29.7 Å². The molecule has 0 spiro atoms. The zero-order valence-electron chi connectivity index (χ0n) is 13.0. The molecule has 8 heteroatoms. The van der Waals surface area contributed by atoms with Gasteiger partial charge in [0.1, 0.15) is 5.65 Å². The molecule has 3 rings (SSSR count). The van der Waals surface area contributed by atoms with Crippen LogP contribution < -0.4 is 0 Å². The van der Waals surface area contributed by atoms with E-state index in [-0.39, 0.29) is 11.1 Å². The standard InChI is InChI=1S/C17H12F2N2O4/c1-24-17(23)14(9-2-3-12(18)13(19)8-9)25-16(22)11-5-7-21-15-10(11)4-6-20-15/h2-8,14H,1H3,(H,20,21). The normalized spacial score (nSPS) is 12.0. The third-order valence-electron chi connectivity index (χ3n) is 3.57. The maximum atomic E-state index is 13.5. The van der Waals surface area contributed by atoms with E-state index in [1.165, 1.54) is 12.3 Å². The van der Waals surface area contributed by atoms with Gasteiger partial charge in [-0.25, -0.2) is 23.4 Å². The van der Waals surface area contributed by atoms with E-state index in [1.54, 1.807) is 12.3 Å². The number of pyridine rings is 1. The van der Waals surface area contributed by atoms with Crippen molar-refractivity contribution in [2.24, 2.45) is 0 Å². The summed E-state index contributed by atoms with van der Waals surface area (Å²) in [5.74, 6) is -3.99. The Morgan fingerprint density at radius 2 is 1.96 bits per heavy atom. The fourth-order valence-corrected chi connectivity index (χ4v) is 2.34. The number of esters is 2. The number of carbonyl (C=O) groups excluding carboxylic acids is 2. The Morgan fingerprint density at radius 1 is 1.16 bits per heavy atom. The van der Waals surface area contributed by atoms with Crippen LogP contribution in [0, 0.1) is 11.6 Å². The first-order valence-corrected chi connectivity index (χ1v) is 7.17. The zero-order chi connectivity index (χ0) is 18.0. The second-order valence-corrected chi connectivity index (χ2v) is 5.08. The summed E-state index contributed by atoms with van der Waals surface area (Å²) in [4.78, 5) is 31.3. The minimum Gasteiger partial charge on any atom is -0.466 e. The van der Waals surface area contributed by atoms with E-state index in [9.17, 15) is 18.4 Å². The van der Waals surface area contributed by atoms with Crippen molar-refractivity contribution in [3.63, 3.8) is 0 Å². The van der Waals surface area contributed by atoms with Crippen LogP contribution in [0.4, 0.5) is 8.78 Å². The third-order valence-corrected chi connectivity index (χ3v) is 3.57. The summed E-state index contributed by atoms with van der Waals surface area (Å²) >= 11 is 0. The molecule has 3 aromatic rings. The van der Waals surface area contributed by atoms with Crippen molar-refractivity contribution < 1.29 is 27.8 Å². The molecule has 1 aromatic carbocycles. The van der Waals surface area contributed by atoms with E-state index in [2.05, 4.69) is 14.7 Å². The minimum atomic E-state index is -1.53. The number of carbonyl (C=O) groups is 2. The first-order chi connectivity index (χ1) is 12.0. The van der Waals surface area contributed by atoms with Crippen LogP contribution in [-0.2, 0) is 14.3 Å². The molecule has 25 heavy (non-hydrogen) atoms. The van der Waals surface area contributed by atoms with Crippen molar-refractivity contribution >= 4 is 23.0 Å². The molecule has 1 N–H and O–H groups in total. The minimum absolute atomic E-state index is 0.0431. The van der Waals surface area contributed by atoms with Gasteiger partial charge < -0.3 is 14.5 Å². The second-order valence-electron chi connectivity index (χ2n) is 5.08. The molecule has 0 aliphatic heterocycles. The quantitative estimate of drug-likeness (QED) is 0.735. The van der Waals surface area contributed by atoms with Gasteiger partial charge in [-0.15, -0.1) is 0 Å². The maximum Gasteiger partial charge on any atom is 0.351 e. The van der Waals surface area contributed by atoms with Gasteiger partial charge in [-0.05, 0) is 24.3 Å². The molecule has 2 aromatic heterocycles. The van der Waals surface area contributed by atoms with Crippen LogP contribution in [0.5, 0.6) is 0 Å². The molecule has 0 radical (unpaired) electrons. The number of fused-ring (bicyclic) bond motifs is 1. The lowest BCUT2D eigenvalue weighted by Crippen LogP contribution is -2.21. The molecule has 1 atom stereocenters. The van der Waals surface area contributed by atoms with Gasteiger partial charge in [0.2, 0.25) is 6.10 Å². The van der Waals surface area contributed by atoms with Crippen LogP contribution in [0.15, 0.2) is 42.7 Å². The fourth-order valence-electron chi connectivity index (χ4n) is 2.34. The summed E-state index contributed by atoms with van der Waals surface area (Å²) in [7, 11) is 1.10. The lowest BCUT2D eigenvalue weighted by Gasteiger charge is -2.16. The number of H-pyrrole nitrogens is 1. The third kappa shape index (κ3) is 3.18. The van der Waals surface area contributed by atoms with E-state index in [4.69, 9.17) is 4.74 Å². The van der Waals surface area contributed by atoms with E-state index in [0.717, 1.165) is 25.3 Å². The number of nitrogens with zero attached hydrogens (tertiary/aromatic N) is 1. The summed E-state index contributed by atoms with van der Waals surface area (Å²) in [5, 5.41) is 0.501. The average Bonchev–Trinajstić information content (AvgIpc) is 3.10. The first-order valence-electron chi connectivity index (χ1n) is 7.17. The van der Waals surface area contributed by atoms with Gasteiger partial charge in [-0.3, -0.25) is 0 Å². The average molecular weight is 346 g/mol. The van der Waals surface area contributed by atoms with Gasteiger partial charge >= 0.3 is 11.9 Å². The SMILES string of the molecule is COC(=O)C(OC(=O)c1ccnc2[nH]ccc12)c1ccc(F)c(F)c1. The lowest BCUT2D eigenvalue weighted by molar-refractivity contribution is -0.151. The van der Waals surface area contributed by atoms with Gasteiger partial charge in [0.05, 0.1) is 12.7 Å². The van der Waals surface area contributed by atoms with Gasteiger partial charge in [0.25, 0.3) is 0 Å². The molecule has 0 saturated carbocycles. The molecule has 0 amide bonds. The fraction of sp³-hybridized carbons (Fsp3) is 0.118. The topological polar surface area (TPSA) is 81.3 Å². The molecule has 0 saturated heterocycles. The number of methoxy groups -OCH3 is 1. The molecule has 0 fully saturated rings.